The maximum atomic E-state index is 12.1. The van der Waals surface area contributed by atoms with Crippen molar-refractivity contribution in [1.82, 2.24) is 9.80 Å². The van der Waals surface area contributed by atoms with Gasteiger partial charge in [-0.15, -0.1) is 0 Å². The fourth-order valence-corrected chi connectivity index (χ4v) is 3.20. The maximum absolute atomic E-state index is 12.1. The minimum Gasteiger partial charge on any atom is -0.341 e. The normalized spacial score (nSPS) is 16.1. The van der Waals surface area contributed by atoms with Crippen molar-refractivity contribution >= 4 is 33.4 Å². The van der Waals surface area contributed by atoms with Gasteiger partial charge in [0.2, 0.25) is 11.8 Å². The van der Waals surface area contributed by atoms with Crippen LogP contribution in [0.1, 0.15) is 26.7 Å². The molecular formula is C18H26BrN3O2. The second-order valence-corrected chi connectivity index (χ2v) is 7.31. The lowest BCUT2D eigenvalue weighted by Crippen LogP contribution is -2.38. The predicted octanol–water partition coefficient (Wildman–Crippen LogP) is 2.97. The van der Waals surface area contributed by atoms with Crippen molar-refractivity contribution in [2.75, 3.05) is 38.0 Å². The summed E-state index contributed by atoms with van der Waals surface area (Å²) in [6.45, 7) is 7.94. The van der Waals surface area contributed by atoms with E-state index in [4.69, 9.17) is 0 Å². The number of nitrogens with zero attached hydrogens (tertiary/aromatic N) is 2. The van der Waals surface area contributed by atoms with Gasteiger partial charge in [0.25, 0.3) is 0 Å². The van der Waals surface area contributed by atoms with Gasteiger partial charge in [-0.1, -0.05) is 26.0 Å². The molecule has 2 amide bonds. The Kier molecular flexibility index (Phi) is 7.24. The molecule has 1 aliphatic heterocycles. The highest BCUT2D eigenvalue weighted by molar-refractivity contribution is 9.10. The zero-order valence-corrected chi connectivity index (χ0v) is 16.0. The molecule has 132 valence electrons. The standard InChI is InChI=1S/C18H26BrN3O2/c1-14(2)18(24)22-10-5-9-21(12-13-22)11-8-17(23)20-16-7-4-3-6-15(16)19/h3-4,6-7,14H,5,8-13H2,1-2H3,(H,20,23). The summed E-state index contributed by atoms with van der Waals surface area (Å²) in [5.41, 5.74) is 0.798. The number of nitrogens with one attached hydrogen (secondary N) is 1. The zero-order valence-electron chi connectivity index (χ0n) is 14.4. The van der Waals surface area contributed by atoms with Crippen molar-refractivity contribution in [2.24, 2.45) is 5.92 Å². The summed E-state index contributed by atoms with van der Waals surface area (Å²) in [5.74, 6) is 0.288. The zero-order chi connectivity index (χ0) is 17.5. The Morgan fingerprint density at radius 2 is 1.92 bits per heavy atom. The van der Waals surface area contributed by atoms with Crippen molar-refractivity contribution < 1.29 is 9.59 Å². The summed E-state index contributed by atoms with van der Waals surface area (Å²) in [6.07, 6.45) is 1.42. The fourth-order valence-electron chi connectivity index (χ4n) is 2.82. The number of carbonyl (C=O) groups excluding carboxylic acids is 2. The number of hydrogen-bond donors (Lipinski definition) is 1. The highest BCUT2D eigenvalue weighted by Crippen LogP contribution is 2.21. The van der Waals surface area contributed by atoms with Gasteiger partial charge in [-0.05, 0) is 41.0 Å². The van der Waals surface area contributed by atoms with Crippen molar-refractivity contribution in [1.29, 1.82) is 0 Å². The minimum absolute atomic E-state index is 0.0151. The molecule has 1 aromatic carbocycles. The van der Waals surface area contributed by atoms with Gasteiger partial charge in [-0.3, -0.25) is 9.59 Å². The van der Waals surface area contributed by atoms with E-state index in [0.29, 0.717) is 6.42 Å². The Balaban J connectivity index is 1.77. The van der Waals surface area contributed by atoms with Crippen LogP contribution in [0.3, 0.4) is 0 Å². The van der Waals surface area contributed by atoms with Gasteiger partial charge in [0, 0.05) is 43.0 Å². The molecule has 0 unspecified atom stereocenters. The summed E-state index contributed by atoms with van der Waals surface area (Å²) < 4.78 is 0.885. The monoisotopic (exact) mass is 395 g/mol. The third kappa shape index (κ3) is 5.60. The van der Waals surface area contributed by atoms with Crippen LogP contribution in [0, 0.1) is 5.92 Å². The van der Waals surface area contributed by atoms with Crippen molar-refractivity contribution in [3.8, 4) is 0 Å². The highest BCUT2D eigenvalue weighted by atomic mass is 79.9. The predicted molar refractivity (Wildman–Crippen MR) is 99.9 cm³/mol. The molecule has 0 spiro atoms. The second-order valence-electron chi connectivity index (χ2n) is 6.45. The lowest BCUT2D eigenvalue weighted by molar-refractivity contribution is -0.134. The number of benzene rings is 1. The van der Waals surface area contributed by atoms with Gasteiger partial charge < -0.3 is 15.1 Å². The molecule has 6 heteroatoms. The lowest BCUT2D eigenvalue weighted by Gasteiger charge is -2.23. The van der Waals surface area contributed by atoms with Crippen molar-refractivity contribution in [3.63, 3.8) is 0 Å². The minimum atomic E-state index is 0.0151. The number of rotatable bonds is 5. The second kappa shape index (κ2) is 9.18. The summed E-state index contributed by atoms with van der Waals surface area (Å²) in [5, 5.41) is 2.93. The van der Waals surface area contributed by atoms with E-state index in [1.165, 1.54) is 0 Å². The van der Waals surface area contributed by atoms with Gasteiger partial charge >= 0.3 is 0 Å². The van der Waals surface area contributed by atoms with Crippen LogP contribution in [-0.4, -0.2) is 54.3 Å². The third-order valence-corrected chi connectivity index (χ3v) is 4.89. The molecule has 1 heterocycles. The number of anilines is 1. The van der Waals surface area contributed by atoms with Crippen LogP contribution < -0.4 is 5.32 Å². The van der Waals surface area contributed by atoms with Gasteiger partial charge in [0.05, 0.1) is 5.69 Å². The van der Waals surface area contributed by atoms with Crippen molar-refractivity contribution in [3.05, 3.63) is 28.7 Å². The molecule has 0 aliphatic carbocycles. The van der Waals surface area contributed by atoms with E-state index in [1.54, 1.807) is 0 Å². The first kappa shape index (κ1) is 18.9. The van der Waals surface area contributed by atoms with Crippen LogP contribution in [0.2, 0.25) is 0 Å². The Morgan fingerprint density at radius 3 is 2.62 bits per heavy atom. The van der Waals surface area contributed by atoms with E-state index in [9.17, 15) is 9.59 Å². The van der Waals surface area contributed by atoms with E-state index >= 15 is 0 Å². The molecule has 24 heavy (non-hydrogen) atoms. The molecule has 0 bridgehead atoms. The molecule has 1 aliphatic rings. The largest absolute Gasteiger partial charge is 0.341 e. The molecule has 2 rings (SSSR count). The molecule has 5 nitrogen and oxygen atoms in total. The Hall–Kier alpha value is -1.40. The molecule has 0 saturated carbocycles. The number of para-hydroxylation sites is 1. The van der Waals surface area contributed by atoms with Crippen LogP contribution in [0.15, 0.2) is 28.7 Å². The van der Waals surface area contributed by atoms with Crippen LogP contribution in [0.5, 0.6) is 0 Å². The van der Waals surface area contributed by atoms with E-state index in [-0.39, 0.29) is 17.7 Å². The summed E-state index contributed by atoms with van der Waals surface area (Å²) in [7, 11) is 0. The SMILES string of the molecule is CC(C)C(=O)N1CCCN(CCC(=O)Nc2ccccc2Br)CC1. The van der Waals surface area contributed by atoms with Crippen molar-refractivity contribution in [2.45, 2.75) is 26.7 Å². The molecule has 0 radical (unpaired) electrons. The maximum Gasteiger partial charge on any atom is 0.225 e. The van der Waals surface area contributed by atoms with E-state index in [2.05, 4.69) is 26.1 Å². The number of amides is 2. The van der Waals surface area contributed by atoms with E-state index in [1.807, 2.05) is 43.0 Å². The smallest absolute Gasteiger partial charge is 0.225 e. The molecule has 1 saturated heterocycles. The Labute approximate surface area is 152 Å². The summed E-state index contributed by atoms with van der Waals surface area (Å²) in [6, 6.07) is 7.60. The molecule has 1 aromatic rings. The number of halogens is 1. The molecule has 1 N–H and O–H groups in total. The van der Waals surface area contributed by atoms with Gasteiger partial charge in [-0.2, -0.15) is 0 Å². The summed E-state index contributed by atoms with van der Waals surface area (Å²) in [4.78, 5) is 28.5. The fraction of sp³-hybridized carbons (Fsp3) is 0.556. The molecule has 1 fully saturated rings. The highest BCUT2D eigenvalue weighted by Gasteiger charge is 2.21. The first-order chi connectivity index (χ1) is 11.5. The molecular weight excluding hydrogens is 370 g/mol. The van der Waals surface area contributed by atoms with Crippen LogP contribution >= 0.6 is 15.9 Å². The number of carbonyl (C=O) groups is 2. The van der Waals surface area contributed by atoms with E-state index in [0.717, 1.165) is 49.3 Å². The third-order valence-electron chi connectivity index (χ3n) is 4.20. The lowest BCUT2D eigenvalue weighted by atomic mass is 10.2. The Morgan fingerprint density at radius 1 is 1.17 bits per heavy atom. The first-order valence-corrected chi connectivity index (χ1v) is 9.32. The van der Waals surface area contributed by atoms with Crippen LogP contribution in [0.25, 0.3) is 0 Å². The number of hydrogen-bond acceptors (Lipinski definition) is 3. The average molecular weight is 396 g/mol. The molecule has 0 atom stereocenters. The topological polar surface area (TPSA) is 52.7 Å². The van der Waals surface area contributed by atoms with Gasteiger partial charge in [0.1, 0.15) is 0 Å². The van der Waals surface area contributed by atoms with Gasteiger partial charge in [-0.25, -0.2) is 0 Å². The van der Waals surface area contributed by atoms with Gasteiger partial charge in [0.15, 0.2) is 0 Å². The Bertz CT molecular complexity index is 577. The average Bonchev–Trinajstić information content (AvgIpc) is 2.80. The van der Waals surface area contributed by atoms with Crippen LogP contribution in [0.4, 0.5) is 5.69 Å². The summed E-state index contributed by atoms with van der Waals surface area (Å²) >= 11 is 3.43. The first-order valence-electron chi connectivity index (χ1n) is 8.53. The van der Waals surface area contributed by atoms with E-state index < -0.39 is 0 Å². The molecule has 0 aromatic heterocycles. The van der Waals surface area contributed by atoms with Crippen LogP contribution in [-0.2, 0) is 9.59 Å². The quantitative estimate of drug-likeness (QED) is 0.833.